The number of nitrogens with zero attached hydrogens (tertiary/aromatic N) is 6. The van der Waals surface area contributed by atoms with Gasteiger partial charge in [-0.1, -0.05) is 50.3 Å². The molecule has 0 aliphatic carbocycles. The third kappa shape index (κ3) is 18.8. The summed E-state index contributed by atoms with van der Waals surface area (Å²) in [6.07, 6.45) is 1.33. The van der Waals surface area contributed by atoms with Crippen molar-refractivity contribution in [2.75, 3.05) is 81.6 Å². The van der Waals surface area contributed by atoms with Crippen LogP contribution in [0.5, 0.6) is 5.75 Å². The third-order valence-electron chi connectivity index (χ3n) is 17.3. The van der Waals surface area contributed by atoms with E-state index in [-0.39, 0.29) is 174 Å². The summed E-state index contributed by atoms with van der Waals surface area (Å²) < 4.78 is 29.3. The molecular formula is C71H83N11O17S. The van der Waals surface area contributed by atoms with Gasteiger partial charge in [-0.15, -0.1) is 0 Å². The van der Waals surface area contributed by atoms with Crippen LogP contribution in [0.25, 0.3) is 22.4 Å². The number of esters is 1. The van der Waals surface area contributed by atoms with Crippen LogP contribution < -0.4 is 30.9 Å². The SMILES string of the molecule is C=C1C[C@H]2C(O)N(C(=O)OCc3ccc(CC(=O)[C@H](C)NC(=O)[C@@H](CC(=O)CCOCCOCCNC(=O)CCN4C(=O)CC(SC)C4=O)C(C)C)cc3)c3cc(OCCCC(=O)Nc4cn(C)c(C(=O)Nc5ccc(-c6nc7ccc(C(=O)OC)cc7[nH]6)cc5)n4)c(C)cc3C(=O)N2C1. The lowest BCUT2D eigenvalue weighted by Gasteiger charge is -2.31. The number of ketones is 2. The lowest BCUT2D eigenvalue weighted by Crippen LogP contribution is -2.50. The van der Waals surface area contributed by atoms with Gasteiger partial charge in [0.2, 0.25) is 35.4 Å². The van der Waals surface area contributed by atoms with Crippen molar-refractivity contribution in [1.29, 1.82) is 0 Å². The van der Waals surface area contributed by atoms with Crippen molar-refractivity contribution in [3.63, 3.8) is 0 Å². The van der Waals surface area contributed by atoms with Crippen LogP contribution in [0.15, 0.2) is 97.2 Å². The number of hydrogen-bond acceptors (Lipinski definition) is 20. The molecule has 2 fully saturated rings. The first kappa shape index (κ1) is 74.1. The number of aromatic amines is 1. The van der Waals surface area contributed by atoms with Crippen LogP contribution >= 0.6 is 11.8 Å². The minimum Gasteiger partial charge on any atom is -0.493 e. The first-order valence-corrected chi connectivity index (χ1v) is 34.1. The maximum atomic E-state index is 14.2. The fourth-order valence-corrected chi connectivity index (χ4v) is 12.3. The molecule has 100 heavy (non-hydrogen) atoms. The zero-order valence-corrected chi connectivity index (χ0v) is 57.7. The summed E-state index contributed by atoms with van der Waals surface area (Å²) in [4.78, 5) is 159. The number of aliphatic hydroxyl groups is 1. The van der Waals surface area contributed by atoms with Gasteiger partial charge in [-0.3, -0.25) is 48.1 Å². The second-order valence-electron chi connectivity index (χ2n) is 25.0. The van der Waals surface area contributed by atoms with E-state index in [1.807, 2.05) is 13.8 Å². The molecule has 5 heterocycles. The molecule has 0 saturated carbocycles. The molecule has 530 valence electrons. The molecule has 0 radical (unpaired) electrons. The Hall–Kier alpha value is -10.1. The Labute approximate surface area is 581 Å². The average Bonchev–Trinajstić information content (AvgIpc) is 1.59. The predicted molar refractivity (Wildman–Crippen MR) is 369 cm³/mol. The van der Waals surface area contributed by atoms with Gasteiger partial charge in [0, 0.05) is 94.6 Å². The van der Waals surface area contributed by atoms with Gasteiger partial charge < -0.3 is 64.5 Å². The largest absolute Gasteiger partial charge is 0.493 e. The van der Waals surface area contributed by atoms with Crippen molar-refractivity contribution in [2.45, 2.75) is 109 Å². The molecule has 3 aliphatic rings. The maximum absolute atomic E-state index is 14.2. The summed E-state index contributed by atoms with van der Waals surface area (Å²) >= 11 is 1.31. The monoisotopic (exact) mass is 1390 g/mol. The van der Waals surface area contributed by atoms with E-state index in [9.17, 15) is 57.8 Å². The van der Waals surface area contributed by atoms with Crippen LogP contribution in [-0.2, 0) is 72.6 Å². The Balaban J connectivity index is 0.699. The summed E-state index contributed by atoms with van der Waals surface area (Å²) in [6, 6.07) is 20.1. The smallest absolute Gasteiger partial charge is 0.416 e. The highest BCUT2D eigenvalue weighted by Crippen LogP contribution is 2.40. The number of aliphatic hydroxyl groups excluding tert-OH is 1. The van der Waals surface area contributed by atoms with E-state index >= 15 is 0 Å². The Morgan fingerprint density at radius 1 is 0.830 bits per heavy atom. The second-order valence-corrected chi connectivity index (χ2v) is 26.0. The molecule has 2 aromatic heterocycles. The summed E-state index contributed by atoms with van der Waals surface area (Å²) in [5, 5.41) is 22.5. The fraction of sp³-hybridized carbons (Fsp3) is 0.423. The molecular weight excluding hydrogens is 1310 g/mol. The van der Waals surface area contributed by atoms with Gasteiger partial charge in [0.15, 0.2) is 17.8 Å². The standard InChI is InChI=1S/C71H83N11O17S/c1-40(2)50(34-49(83)22-26-96-28-29-97-27-23-72-60(85)21-24-80-62(87)36-58(100-8)69(80)92)65(88)73-43(5)56(84)32-44-11-13-45(14-12-44)39-99-71(94)82-54-35-57(42(4)31-51(54)67(90)81-37-41(3)30-55(81)68(82)91)98-25-9-10-61(86)77-59-38-79(6)64(78-59)66(89)74-48-18-15-46(16-19-48)63-75-52-20-17-47(70(93)95-7)33-53(52)76-63/h11-20,31,33,35,38,40,43,50,55,58,68,91H,3,9-10,21-30,32,34,36-37,39H2,1-2,4-8H3,(H,72,85)(H,73,88)(H,74,89)(H,75,76)(H,77,86)/t43-,50-,55-,58?,68?/m0/s1. The van der Waals surface area contributed by atoms with Crippen LogP contribution in [0.3, 0.4) is 0 Å². The number of aromatic nitrogens is 4. The number of imidazole rings is 2. The van der Waals surface area contributed by atoms with Crippen LogP contribution in [0.1, 0.15) is 114 Å². The van der Waals surface area contributed by atoms with Gasteiger partial charge in [-0.2, -0.15) is 11.8 Å². The highest BCUT2D eigenvalue weighted by Gasteiger charge is 2.46. The lowest BCUT2D eigenvalue weighted by molar-refractivity contribution is -0.138. The van der Waals surface area contributed by atoms with E-state index in [1.54, 1.807) is 99.9 Å². The number of nitrogens with one attached hydrogen (secondary N) is 5. The molecule has 0 spiro atoms. The van der Waals surface area contributed by atoms with E-state index in [0.717, 1.165) is 15.4 Å². The highest BCUT2D eigenvalue weighted by atomic mass is 32.2. The Bertz CT molecular complexity index is 4080. The Morgan fingerprint density at radius 2 is 1.56 bits per heavy atom. The van der Waals surface area contributed by atoms with E-state index in [0.29, 0.717) is 50.4 Å². The van der Waals surface area contributed by atoms with Crippen molar-refractivity contribution in [1.82, 2.24) is 40.0 Å². The van der Waals surface area contributed by atoms with E-state index in [4.69, 9.17) is 23.7 Å². The summed E-state index contributed by atoms with van der Waals surface area (Å²) in [7, 11) is 2.93. The first-order valence-electron chi connectivity index (χ1n) is 32.8. The lowest BCUT2D eigenvalue weighted by atomic mass is 9.88. The third-order valence-corrected chi connectivity index (χ3v) is 18.3. The topological polar surface area (TPSA) is 358 Å². The number of thioether (sulfide) groups is 1. The van der Waals surface area contributed by atoms with Crippen LogP contribution in [0, 0.1) is 18.8 Å². The van der Waals surface area contributed by atoms with Crippen LogP contribution in [-0.4, -0.2) is 189 Å². The molecule has 5 atom stereocenters. The van der Waals surface area contributed by atoms with Gasteiger partial charge in [-0.25, -0.2) is 24.5 Å². The zero-order valence-electron chi connectivity index (χ0n) is 56.8. The van der Waals surface area contributed by atoms with Gasteiger partial charge in [0.25, 0.3) is 11.8 Å². The molecule has 9 rings (SSSR count). The number of Topliss-reactive ketones (excluding diaryl/α,β-unsaturated/α-hetero) is 2. The summed E-state index contributed by atoms with van der Waals surface area (Å²) in [5.41, 5.74) is 5.50. The average molecular weight is 1390 g/mol. The predicted octanol–water partition coefficient (Wildman–Crippen LogP) is 6.62. The van der Waals surface area contributed by atoms with Crippen molar-refractivity contribution in [3.05, 3.63) is 131 Å². The van der Waals surface area contributed by atoms with E-state index in [1.165, 1.54) is 40.6 Å². The van der Waals surface area contributed by atoms with Crippen LogP contribution in [0.4, 0.5) is 22.0 Å². The normalized spacial score (nSPS) is 16.4. The molecule has 28 nitrogen and oxygen atoms in total. The van der Waals surface area contributed by atoms with Gasteiger partial charge >= 0.3 is 12.1 Å². The number of imide groups is 1. The number of benzene rings is 4. The molecule has 29 heteroatoms. The van der Waals surface area contributed by atoms with Gasteiger partial charge in [0.05, 0.1) is 85.3 Å². The van der Waals surface area contributed by atoms with Crippen molar-refractivity contribution in [2.24, 2.45) is 18.9 Å². The minimum absolute atomic E-state index is 0.00413. The number of ether oxygens (including phenoxy) is 5. The molecule has 2 saturated heterocycles. The highest BCUT2D eigenvalue weighted by molar-refractivity contribution is 8.00. The number of carbonyl (C=O) groups excluding carboxylic acids is 11. The Kier molecular flexibility index (Phi) is 25.3. The number of fused-ring (bicyclic) bond motifs is 3. The summed E-state index contributed by atoms with van der Waals surface area (Å²) in [5.74, 6) is -3.46. The molecule has 3 aliphatic heterocycles. The fourth-order valence-electron chi connectivity index (χ4n) is 11.7. The number of methoxy groups -OCH3 is 1. The van der Waals surface area contributed by atoms with Crippen molar-refractivity contribution < 1.29 is 81.5 Å². The number of carbonyl (C=O) groups is 11. The number of aryl methyl sites for hydroxylation is 2. The molecule has 6 N–H and O–H groups in total. The Morgan fingerprint density at radius 3 is 2.27 bits per heavy atom. The van der Waals surface area contributed by atoms with E-state index < -0.39 is 65.2 Å². The quantitative estimate of drug-likeness (QED) is 0.0109. The molecule has 8 amide bonds. The number of anilines is 3. The number of hydrogen-bond donors (Lipinski definition) is 6. The van der Waals surface area contributed by atoms with Crippen LogP contribution in [0.2, 0.25) is 0 Å². The van der Waals surface area contributed by atoms with Gasteiger partial charge in [-0.05, 0) is 104 Å². The number of likely N-dealkylation sites (tertiary alicyclic amines) is 1. The van der Waals surface area contributed by atoms with Crippen molar-refractivity contribution >= 4 is 105 Å². The zero-order chi connectivity index (χ0) is 71.9. The molecule has 2 unspecified atom stereocenters. The number of amides is 8. The number of rotatable bonds is 33. The van der Waals surface area contributed by atoms with Gasteiger partial charge in [0.1, 0.15) is 24.0 Å². The maximum Gasteiger partial charge on any atom is 0.416 e. The number of H-pyrrole nitrogens is 1. The first-order chi connectivity index (χ1) is 47.9. The van der Waals surface area contributed by atoms with E-state index in [2.05, 4.69) is 42.8 Å². The molecule has 0 bridgehead atoms. The summed E-state index contributed by atoms with van der Waals surface area (Å²) in [6.45, 7) is 11.9. The molecule has 6 aromatic rings. The second kappa shape index (κ2) is 34.1. The molecule has 4 aromatic carbocycles. The minimum atomic E-state index is -1.55. The van der Waals surface area contributed by atoms with Crippen molar-refractivity contribution in [3.8, 4) is 17.1 Å².